The number of nitrogens with two attached hydrogens (primary N) is 1. The summed E-state index contributed by atoms with van der Waals surface area (Å²) in [7, 11) is 1.57. The minimum absolute atomic E-state index is 0.0182. The summed E-state index contributed by atoms with van der Waals surface area (Å²) >= 11 is 0. The zero-order chi connectivity index (χ0) is 14.1. The second kappa shape index (κ2) is 5.32. The third kappa shape index (κ3) is 2.45. The number of piperazine rings is 1. The molecule has 1 aliphatic carbocycles. The lowest BCUT2D eigenvalue weighted by atomic mass is 10.1. The van der Waals surface area contributed by atoms with Crippen molar-refractivity contribution in [3.63, 3.8) is 0 Å². The molecule has 0 aromatic heterocycles. The molecule has 2 aliphatic rings. The van der Waals surface area contributed by atoms with Crippen LogP contribution in [0, 0.1) is 0 Å². The average Bonchev–Trinajstić information content (AvgIpc) is 3.31. The molecular formula is C15H21N3O2. The molecule has 5 nitrogen and oxygen atoms in total. The summed E-state index contributed by atoms with van der Waals surface area (Å²) in [6.45, 7) is 3.47. The second-order valence-electron chi connectivity index (χ2n) is 5.48. The summed E-state index contributed by atoms with van der Waals surface area (Å²) in [6.07, 6.45) is 2.63. The lowest BCUT2D eigenvalue weighted by molar-refractivity contribution is 0.0625. The van der Waals surface area contributed by atoms with E-state index >= 15 is 0 Å². The molecule has 0 bridgehead atoms. The summed E-state index contributed by atoms with van der Waals surface area (Å²) in [5.41, 5.74) is 6.93. The molecule has 1 aliphatic heterocycles. The predicted octanol–water partition coefficient (Wildman–Crippen LogP) is 1.20. The Bertz CT molecular complexity index is 506. The molecule has 1 saturated heterocycles. The maximum atomic E-state index is 12.6. The summed E-state index contributed by atoms with van der Waals surface area (Å²) in [5, 5.41) is 0. The zero-order valence-electron chi connectivity index (χ0n) is 11.8. The third-order valence-corrected chi connectivity index (χ3v) is 4.16. The van der Waals surface area contributed by atoms with Crippen molar-refractivity contribution < 1.29 is 9.53 Å². The van der Waals surface area contributed by atoms with Crippen LogP contribution >= 0.6 is 0 Å². The van der Waals surface area contributed by atoms with Gasteiger partial charge in [-0.3, -0.25) is 9.69 Å². The number of nitrogen functional groups attached to an aromatic ring is 1. The highest BCUT2D eigenvalue weighted by Crippen LogP contribution is 2.29. The van der Waals surface area contributed by atoms with E-state index in [2.05, 4.69) is 4.90 Å². The van der Waals surface area contributed by atoms with Crippen molar-refractivity contribution in [3.05, 3.63) is 23.8 Å². The van der Waals surface area contributed by atoms with Gasteiger partial charge in [-0.25, -0.2) is 0 Å². The Morgan fingerprint density at radius 1 is 1.25 bits per heavy atom. The van der Waals surface area contributed by atoms with E-state index in [4.69, 9.17) is 10.5 Å². The van der Waals surface area contributed by atoms with Gasteiger partial charge in [-0.1, -0.05) is 6.07 Å². The summed E-state index contributed by atoms with van der Waals surface area (Å²) < 4.78 is 5.27. The number of ether oxygens (including phenoxy) is 1. The minimum Gasteiger partial charge on any atom is -0.496 e. The Labute approximate surface area is 119 Å². The molecule has 108 valence electrons. The maximum Gasteiger partial charge on any atom is 0.259 e. The highest BCUT2D eigenvalue weighted by molar-refractivity contribution is 6.01. The number of hydrogen-bond acceptors (Lipinski definition) is 4. The quantitative estimate of drug-likeness (QED) is 0.842. The van der Waals surface area contributed by atoms with Gasteiger partial charge in [0.05, 0.1) is 7.11 Å². The Balaban J connectivity index is 1.73. The molecule has 5 heteroatoms. The number of methoxy groups -OCH3 is 1. The van der Waals surface area contributed by atoms with Crippen molar-refractivity contribution in [1.82, 2.24) is 9.80 Å². The van der Waals surface area contributed by atoms with Crippen LogP contribution in [0.2, 0.25) is 0 Å². The van der Waals surface area contributed by atoms with Crippen LogP contribution in [0.5, 0.6) is 5.75 Å². The molecule has 1 heterocycles. The molecule has 2 N–H and O–H groups in total. The lowest BCUT2D eigenvalue weighted by Crippen LogP contribution is -2.49. The van der Waals surface area contributed by atoms with Crippen LogP contribution in [0.25, 0.3) is 0 Å². The number of carbonyl (C=O) groups is 1. The van der Waals surface area contributed by atoms with Crippen LogP contribution in [0.3, 0.4) is 0 Å². The van der Waals surface area contributed by atoms with Gasteiger partial charge in [-0.05, 0) is 25.0 Å². The van der Waals surface area contributed by atoms with E-state index in [1.807, 2.05) is 4.90 Å². The average molecular weight is 275 g/mol. The summed E-state index contributed by atoms with van der Waals surface area (Å²) in [6, 6.07) is 6.10. The first-order valence-electron chi connectivity index (χ1n) is 7.16. The number of carbonyl (C=O) groups excluding carboxylic acids is 1. The van der Waals surface area contributed by atoms with Gasteiger partial charge in [-0.15, -0.1) is 0 Å². The number of hydrogen-bond donors (Lipinski definition) is 1. The summed E-state index contributed by atoms with van der Waals surface area (Å²) in [5.74, 6) is 0.537. The van der Waals surface area contributed by atoms with Gasteiger partial charge in [-0.2, -0.15) is 0 Å². The van der Waals surface area contributed by atoms with E-state index in [0.29, 0.717) is 17.0 Å². The van der Waals surface area contributed by atoms with Crippen LogP contribution in [0.15, 0.2) is 18.2 Å². The Kier molecular flexibility index (Phi) is 3.53. The molecular weight excluding hydrogens is 254 g/mol. The van der Waals surface area contributed by atoms with Crippen molar-refractivity contribution in [2.45, 2.75) is 18.9 Å². The highest BCUT2D eigenvalue weighted by atomic mass is 16.5. The van der Waals surface area contributed by atoms with Crippen molar-refractivity contribution in [2.24, 2.45) is 0 Å². The third-order valence-electron chi connectivity index (χ3n) is 4.16. The Morgan fingerprint density at radius 2 is 1.95 bits per heavy atom. The Morgan fingerprint density at radius 3 is 2.55 bits per heavy atom. The topological polar surface area (TPSA) is 58.8 Å². The van der Waals surface area contributed by atoms with E-state index in [9.17, 15) is 4.79 Å². The molecule has 1 saturated carbocycles. The van der Waals surface area contributed by atoms with Crippen molar-refractivity contribution in [1.29, 1.82) is 0 Å². The molecule has 0 radical (unpaired) electrons. The minimum atomic E-state index is -0.0182. The van der Waals surface area contributed by atoms with Crippen LogP contribution in [-0.4, -0.2) is 55.0 Å². The molecule has 0 unspecified atom stereocenters. The van der Waals surface area contributed by atoms with Gasteiger partial charge in [0.25, 0.3) is 5.91 Å². The predicted molar refractivity (Wildman–Crippen MR) is 77.9 cm³/mol. The van der Waals surface area contributed by atoms with E-state index < -0.39 is 0 Å². The van der Waals surface area contributed by atoms with Gasteiger partial charge in [0.15, 0.2) is 0 Å². The van der Waals surface area contributed by atoms with E-state index in [-0.39, 0.29) is 5.91 Å². The van der Waals surface area contributed by atoms with Crippen LogP contribution in [0.1, 0.15) is 23.2 Å². The molecule has 0 spiro atoms. The molecule has 1 aromatic carbocycles. The fraction of sp³-hybridized carbons (Fsp3) is 0.533. The Hall–Kier alpha value is -1.75. The highest BCUT2D eigenvalue weighted by Gasteiger charge is 2.33. The zero-order valence-corrected chi connectivity index (χ0v) is 11.8. The first kappa shape index (κ1) is 13.2. The molecule has 0 atom stereocenters. The van der Waals surface area contributed by atoms with Gasteiger partial charge in [0.2, 0.25) is 0 Å². The number of rotatable bonds is 3. The van der Waals surface area contributed by atoms with Gasteiger partial charge in [0.1, 0.15) is 11.3 Å². The number of benzene rings is 1. The fourth-order valence-corrected chi connectivity index (χ4v) is 2.84. The van der Waals surface area contributed by atoms with E-state index in [0.717, 1.165) is 32.2 Å². The SMILES string of the molecule is COc1cccc(N)c1C(=O)N1CCN(C2CC2)CC1. The van der Waals surface area contributed by atoms with E-state index in [1.54, 1.807) is 25.3 Å². The molecule has 1 aromatic rings. The number of anilines is 1. The van der Waals surface area contributed by atoms with Gasteiger partial charge >= 0.3 is 0 Å². The van der Waals surface area contributed by atoms with Gasteiger partial charge in [0, 0.05) is 37.9 Å². The van der Waals surface area contributed by atoms with Crippen molar-refractivity contribution in [3.8, 4) is 5.75 Å². The van der Waals surface area contributed by atoms with E-state index in [1.165, 1.54) is 12.8 Å². The smallest absolute Gasteiger partial charge is 0.259 e. The fourth-order valence-electron chi connectivity index (χ4n) is 2.84. The molecule has 2 fully saturated rings. The van der Waals surface area contributed by atoms with Crippen molar-refractivity contribution >= 4 is 11.6 Å². The maximum absolute atomic E-state index is 12.6. The van der Waals surface area contributed by atoms with Crippen LogP contribution in [-0.2, 0) is 0 Å². The van der Waals surface area contributed by atoms with Gasteiger partial charge < -0.3 is 15.4 Å². The lowest BCUT2D eigenvalue weighted by Gasteiger charge is -2.35. The first-order valence-corrected chi connectivity index (χ1v) is 7.16. The first-order chi connectivity index (χ1) is 9.70. The number of nitrogens with zero attached hydrogens (tertiary/aromatic N) is 2. The van der Waals surface area contributed by atoms with Crippen molar-refractivity contribution in [2.75, 3.05) is 39.0 Å². The molecule has 20 heavy (non-hydrogen) atoms. The van der Waals surface area contributed by atoms with Crippen LogP contribution < -0.4 is 10.5 Å². The summed E-state index contributed by atoms with van der Waals surface area (Å²) in [4.78, 5) is 17.0. The molecule has 1 amide bonds. The second-order valence-corrected chi connectivity index (χ2v) is 5.48. The largest absolute Gasteiger partial charge is 0.496 e. The van der Waals surface area contributed by atoms with Crippen LogP contribution in [0.4, 0.5) is 5.69 Å². The molecule has 3 rings (SSSR count). The standard InChI is InChI=1S/C15H21N3O2/c1-20-13-4-2-3-12(16)14(13)15(19)18-9-7-17(8-10-18)11-5-6-11/h2-4,11H,5-10,16H2,1H3. The normalized spacial score (nSPS) is 19.9. The number of amides is 1. The monoisotopic (exact) mass is 275 g/mol.